The average molecular weight is 305 g/mol. The third-order valence-electron chi connectivity index (χ3n) is 4.16. The van der Waals surface area contributed by atoms with Gasteiger partial charge in [-0.3, -0.25) is 0 Å². The van der Waals surface area contributed by atoms with Gasteiger partial charge >= 0.3 is 9.28 Å². The smallest absolute Gasteiger partial charge is 0.323 e. The van der Waals surface area contributed by atoms with Crippen molar-refractivity contribution in [1.29, 1.82) is 0 Å². The van der Waals surface area contributed by atoms with E-state index < -0.39 is 9.28 Å². The predicted octanol–water partition coefficient (Wildman–Crippen LogP) is 2.89. The lowest BCUT2D eigenvalue weighted by molar-refractivity contribution is -0.153. The summed E-state index contributed by atoms with van der Waals surface area (Å²) in [5, 5.41) is 0. The minimum atomic E-state index is -1.46. The van der Waals surface area contributed by atoms with Crippen molar-refractivity contribution in [2.75, 3.05) is 40.6 Å². The zero-order valence-corrected chi connectivity index (χ0v) is 14.8. The van der Waals surface area contributed by atoms with Gasteiger partial charge in [-0.2, -0.15) is 0 Å². The van der Waals surface area contributed by atoms with E-state index in [2.05, 4.69) is 13.8 Å². The van der Waals surface area contributed by atoms with Crippen LogP contribution in [0.2, 0.25) is 5.54 Å². The van der Waals surface area contributed by atoms with E-state index in [1.807, 2.05) is 0 Å². The summed E-state index contributed by atoms with van der Waals surface area (Å²) in [6, 6.07) is 0. The lowest BCUT2D eigenvalue weighted by atomic mass is 9.82. The summed E-state index contributed by atoms with van der Waals surface area (Å²) in [5.74, 6) is 0. The first-order valence-corrected chi connectivity index (χ1v) is 9.49. The second-order valence-electron chi connectivity index (χ2n) is 6.11. The Hall–Kier alpha value is 0.0569. The van der Waals surface area contributed by atoms with Gasteiger partial charge in [0.2, 0.25) is 0 Å². The van der Waals surface area contributed by atoms with Crippen molar-refractivity contribution in [3.8, 4) is 0 Å². The van der Waals surface area contributed by atoms with Crippen LogP contribution in [0.25, 0.3) is 0 Å². The predicted molar refractivity (Wildman–Crippen MR) is 83.4 cm³/mol. The van der Waals surface area contributed by atoms with Crippen LogP contribution in [0.3, 0.4) is 0 Å². The highest BCUT2D eigenvalue weighted by Crippen LogP contribution is 2.33. The zero-order chi connectivity index (χ0) is 14.8. The Kier molecular flexibility index (Phi) is 8.96. The lowest BCUT2D eigenvalue weighted by Gasteiger charge is -2.41. The largest absolute Gasteiger partial charge is 0.400 e. The summed E-state index contributed by atoms with van der Waals surface area (Å²) in [5.41, 5.74) is 0.854. The topological polar surface area (TPSA) is 36.9 Å². The van der Waals surface area contributed by atoms with Crippen molar-refractivity contribution in [1.82, 2.24) is 0 Å². The molecule has 20 heavy (non-hydrogen) atoms. The monoisotopic (exact) mass is 304 g/mol. The van der Waals surface area contributed by atoms with Crippen LogP contribution in [0.5, 0.6) is 0 Å². The maximum absolute atomic E-state index is 5.89. The molecule has 4 nitrogen and oxygen atoms in total. The third kappa shape index (κ3) is 5.82. The lowest BCUT2D eigenvalue weighted by Crippen LogP contribution is -2.46. The quantitative estimate of drug-likeness (QED) is 0.410. The Balaban J connectivity index is 2.09. The second kappa shape index (κ2) is 9.90. The van der Waals surface area contributed by atoms with Crippen molar-refractivity contribution in [3.63, 3.8) is 0 Å². The van der Waals surface area contributed by atoms with Gasteiger partial charge in [-0.05, 0) is 24.8 Å². The highest BCUT2D eigenvalue weighted by molar-refractivity contribution is 6.46. The normalized spacial score (nSPS) is 19.1. The molecule has 0 radical (unpaired) electrons. The Labute approximate surface area is 126 Å². The molecule has 1 atom stereocenters. The summed E-state index contributed by atoms with van der Waals surface area (Å²) < 4.78 is 22.1. The number of rotatable bonds is 12. The van der Waals surface area contributed by atoms with E-state index in [0.29, 0.717) is 11.0 Å². The van der Waals surface area contributed by atoms with Gasteiger partial charge in [0.15, 0.2) is 0 Å². The molecule has 0 N–H and O–H groups in total. The van der Waals surface area contributed by atoms with Gasteiger partial charge in [-0.15, -0.1) is 0 Å². The molecule has 0 aromatic rings. The minimum absolute atomic E-state index is 0.317. The fourth-order valence-electron chi connectivity index (χ4n) is 2.74. The zero-order valence-electron chi connectivity index (χ0n) is 13.7. The van der Waals surface area contributed by atoms with E-state index in [-0.39, 0.29) is 0 Å². The first-order chi connectivity index (χ1) is 9.67. The van der Waals surface area contributed by atoms with Gasteiger partial charge in [-0.1, -0.05) is 26.7 Å². The molecule has 5 heteroatoms. The van der Waals surface area contributed by atoms with E-state index in [0.717, 1.165) is 39.3 Å². The maximum Gasteiger partial charge on any atom is 0.323 e. The number of hydrogen-bond acceptors (Lipinski definition) is 4. The van der Waals surface area contributed by atoms with Crippen LogP contribution >= 0.6 is 0 Å². The summed E-state index contributed by atoms with van der Waals surface area (Å²) >= 11 is 0. The van der Waals surface area contributed by atoms with E-state index in [1.165, 1.54) is 19.3 Å². The molecule has 0 amide bonds. The van der Waals surface area contributed by atoms with Crippen molar-refractivity contribution >= 4 is 9.28 Å². The molecule has 1 unspecified atom stereocenters. The van der Waals surface area contributed by atoms with Crippen LogP contribution in [0.15, 0.2) is 0 Å². The molecule has 1 saturated heterocycles. The minimum Gasteiger partial charge on any atom is -0.400 e. The van der Waals surface area contributed by atoms with E-state index in [1.54, 1.807) is 14.2 Å². The fraction of sp³-hybridized carbons (Fsp3) is 1.00. The molecule has 120 valence electrons. The van der Waals surface area contributed by atoms with Crippen LogP contribution in [0, 0.1) is 5.41 Å². The first kappa shape index (κ1) is 18.1. The van der Waals surface area contributed by atoms with Crippen LogP contribution in [-0.4, -0.2) is 49.9 Å². The van der Waals surface area contributed by atoms with Gasteiger partial charge in [0, 0.05) is 26.2 Å². The summed E-state index contributed by atoms with van der Waals surface area (Å²) in [6.45, 7) is 7.91. The number of ether oxygens (including phenoxy) is 2. The second-order valence-corrected chi connectivity index (χ2v) is 8.93. The SMILES string of the molecule is CCCCC1(COCCCC(C)[SiH](OC)OC)COC1. The average Bonchev–Trinajstić information content (AvgIpc) is 2.41. The Morgan fingerprint density at radius 1 is 1.20 bits per heavy atom. The maximum atomic E-state index is 5.89. The first-order valence-electron chi connectivity index (χ1n) is 7.88. The standard InChI is InChI=1S/C15H32O4Si/c1-5-6-9-15(12-19-13-15)11-18-10-7-8-14(2)20(16-3)17-4/h14,20H,5-13H2,1-4H3. The molecule has 1 aliphatic rings. The summed E-state index contributed by atoms with van der Waals surface area (Å²) in [4.78, 5) is 0. The molecule has 1 fully saturated rings. The molecular formula is C15H32O4Si. The van der Waals surface area contributed by atoms with Crippen molar-refractivity contribution in [2.45, 2.75) is 51.5 Å². The van der Waals surface area contributed by atoms with E-state index in [4.69, 9.17) is 18.3 Å². The van der Waals surface area contributed by atoms with E-state index in [9.17, 15) is 0 Å². The van der Waals surface area contributed by atoms with Gasteiger partial charge in [0.25, 0.3) is 0 Å². The molecule has 1 rings (SSSR count). The van der Waals surface area contributed by atoms with Crippen LogP contribution in [0.1, 0.15) is 46.0 Å². The van der Waals surface area contributed by atoms with Gasteiger partial charge in [0.1, 0.15) is 0 Å². The fourth-order valence-corrected chi connectivity index (χ4v) is 4.36. The Morgan fingerprint density at radius 2 is 1.90 bits per heavy atom. The van der Waals surface area contributed by atoms with Gasteiger partial charge < -0.3 is 18.3 Å². The molecule has 0 spiro atoms. The van der Waals surface area contributed by atoms with E-state index >= 15 is 0 Å². The summed E-state index contributed by atoms with van der Waals surface area (Å²) in [6.07, 6.45) is 5.97. The molecule has 0 aliphatic carbocycles. The van der Waals surface area contributed by atoms with Gasteiger partial charge in [-0.25, -0.2) is 0 Å². The molecule has 0 aromatic carbocycles. The van der Waals surface area contributed by atoms with Crippen LogP contribution in [0.4, 0.5) is 0 Å². The highest BCUT2D eigenvalue weighted by atomic mass is 28.3. The third-order valence-corrected chi connectivity index (χ3v) is 6.35. The number of hydrogen-bond donors (Lipinski definition) is 0. The molecule has 0 aromatic heterocycles. The molecule has 1 heterocycles. The highest BCUT2D eigenvalue weighted by Gasteiger charge is 2.38. The Bertz CT molecular complexity index is 242. The van der Waals surface area contributed by atoms with Crippen LogP contribution in [-0.2, 0) is 18.3 Å². The van der Waals surface area contributed by atoms with Gasteiger partial charge in [0.05, 0.1) is 19.8 Å². The Morgan fingerprint density at radius 3 is 2.40 bits per heavy atom. The number of unbranched alkanes of at least 4 members (excludes halogenated alkanes) is 1. The summed E-state index contributed by atoms with van der Waals surface area (Å²) in [7, 11) is 2.05. The molecule has 0 saturated carbocycles. The van der Waals surface area contributed by atoms with Crippen LogP contribution < -0.4 is 0 Å². The van der Waals surface area contributed by atoms with Crippen molar-refractivity contribution in [2.24, 2.45) is 5.41 Å². The van der Waals surface area contributed by atoms with Crippen molar-refractivity contribution < 1.29 is 18.3 Å². The molecule has 0 bridgehead atoms. The van der Waals surface area contributed by atoms with Crippen molar-refractivity contribution in [3.05, 3.63) is 0 Å². The molecular weight excluding hydrogens is 272 g/mol. The molecule has 1 aliphatic heterocycles.